The molecule has 0 aliphatic carbocycles. The third kappa shape index (κ3) is 3.23. The topological polar surface area (TPSA) is 51.0 Å². The van der Waals surface area contributed by atoms with Gasteiger partial charge in [0.1, 0.15) is 0 Å². The van der Waals surface area contributed by atoms with Crippen LogP contribution in [0.4, 0.5) is 0 Å². The van der Waals surface area contributed by atoms with Gasteiger partial charge in [0, 0.05) is 38.2 Å². The summed E-state index contributed by atoms with van der Waals surface area (Å²) in [6, 6.07) is 5.78. The summed E-state index contributed by atoms with van der Waals surface area (Å²) >= 11 is 0. The molecule has 0 saturated carbocycles. The smallest absolute Gasteiger partial charge is 0.274 e. The molecule has 1 amide bonds. The van der Waals surface area contributed by atoms with Crippen molar-refractivity contribution >= 4 is 5.91 Å². The van der Waals surface area contributed by atoms with Crippen LogP contribution in [0.25, 0.3) is 0 Å². The van der Waals surface area contributed by atoms with E-state index in [0.717, 1.165) is 18.7 Å². The standard InChI is InChI=1S/C15H20N4O/c1-4-19-12(2)11-14(17-19)15(20)18(3)10-7-13-5-8-16-9-6-13/h5-6,8-9,11H,4,7,10H2,1-3H3. The maximum absolute atomic E-state index is 12.3. The van der Waals surface area contributed by atoms with E-state index in [2.05, 4.69) is 10.1 Å². The van der Waals surface area contributed by atoms with Crippen molar-refractivity contribution in [2.75, 3.05) is 13.6 Å². The fourth-order valence-corrected chi connectivity index (χ4v) is 2.08. The van der Waals surface area contributed by atoms with Crippen LogP contribution < -0.4 is 0 Å². The summed E-state index contributed by atoms with van der Waals surface area (Å²) in [4.78, 5) is 18.0. The Labute approximate surface area is 119 Å². The molecule has 106 valence electrons. The van der Waals surface area contributed by atoms with Gasteiger partial charge >= 0.3 is 0 Å². The van der Waals surface area contributed by atoms with E-state index < -0.39 is 0 Å². The number of aromatic nitrogens is 3. The van der Waals surface area contributed by atoms with Crippen LogP contribution in [0.2, 0.25) is 0 Å². The van der Waals surface area contributed by atoms with Crippen LogP contribution in [0, 0.1) is 6.92 Å². The van der Waals surface area contributed by atoms with E-state index in [-0.39, 0.29) is 5.91 Å². The number of carbonyl (C=O) groups excluding carboxylic acids is 1. The summed E-state index contributed by atoms with van der Waals surface area (Å²) in [6.07, 6.45) is 4.35. The highest BCUT2D eigenvalue weighted by Gasteiger charge is 2.16. The largest absolute Gasteiger partial charge is 0.340 e. The van der Waals surface area contributed by atoms with E-state index in [1.165, 1.54) is 5.56 Å². The summed E-state index contributed by atoms with van der Waals surface area (Å²) in [7, 11) is 1.81. The number of hydrogen-bond donors (Lipinski definition) is 0. The number of hydrogen-bond acceptors (Lipinski definition) is 3. The van der Waals surface area contributed by atoms with E-state index in [4.69, 9.17) is 0 Å². The average Bonchev–Trinajstić information content (AvgIpc) is 2.86. The fourth-order valence-electron chi connectivity index (χ4n) is 2.08. The van der Waals surface area contributed by atoms with E-state index in [1.807, 2.05) is 43.8 Å². The van der Waals surface area contributed by atoms with Gasteiger partial charge in [-0.25, -0.2) is 0 Å². The second-order valence-electron chi connectivity index (χ2n) is 4.82. The van der Waals surface area contributed by atoms with Crippen LogP contribution in [0.3, 0.4) is 0 Å². The van der Waals surface area contributed by atoms with Gasteiger partial charge in [0.15, 0.2) is 5.69 Å². The Morgan fingerprint density at radius 3 is 2.65 bits per heavy atom. The highest BCUT2D eigenvalue weighted by atomic mass is 16.2. The zero-order valence-corrected chi connectivity index (χ0v) is 12.2. The van der Waals surface area contributed by atoms with Crippen molar-refractivity contribution in [1.82, 2.24) is 19.7 Å². The maximum atomic E-state index is 12.3. The van der Waals surface area contributed by atoms with Gasteiger partial charge in [0.25, 0.3) is 5.91 Å². The van der Waals surface area contributed by atoms with Gasteiger partial charge in [-0.05, 0) is 44.0 Å². The van der Waals surface area contributed by atoms with Crippen molar-refractivity contribution in [3.63, 3.8) is 0 Å². The molecule has 0 saturated heterocycles. The first-order chi connectivity index (χ1) is 9.61. The molecular weight excluding hydrogens is 252 g/mol. The maximum Gasteiger partial charge on any atom is 0.274 e. The molecule has 5 nitrogen and oxygen atoms in total. The van der Waals surface area contributed by atoms with Crippen molar-refractivity contribution in [3.8, 4) is 0 Å². The molecule has 2 aromatic rings. The Bertz CT molecular complexity index is 577. The van der Waals surface area contributed by atoms with Gasteiger partial charge in [-0.3, -0.25) is 14.5 Å². The van der Waals surface area contributed by atoms with Crippen molar-refractivity contribution in [2.45, 2.75) is 26.8 Å². The molecule has 0 unspecified atom stereocenters. The van der Waals surface area contributed by atoms with Crippen LogP contribution >= 0.6 is 0 Å². The molecule has 0 aliphatic rings. The molecule has 0 atom stereocenters. The van der Waals surface area contributed by atoms with E-state index in [0.29, 0.717) is 12.2 Å². The molecule has 0 spiro atoms. The van der Waals surface area contributed by atoms with E-state index in [1.54, 1.807) is 17.3 Å². The lowest BCUT2D eigenvalue weighted by atomic mass is 10.2. The number of rotatable bonds is 5. The number of nitrogens with zero attached hydrogens (tertiary/aromatic N) is 4. The van der Waals surface area contributed by atoms with E-state index >= 15 is 0 Å². The molecule has 5 heteroatoms. The SMILES string of the molecule is CCn1nc(C(=O)N(C)CCc2ccncc2)cc1C. The highest BCUT2D eigenvalue weighted by Crippen LogP contribution is 2.07. The molecule has 20 heavy (non-hydrogen) atoms. The zero-order chi connectivity index (χ0) is 14.5. The fraction of sp³-hybridized carbons (Fsp3) is 0.400. The first-order valence-electron chi connectivity index (χ1n) is 6.80. The van der Waals surface area contributed by atoms with Crippen LogP contribution in [-0.4, -0.2) is 39.2 Å². The summed E-state index contributed by atoms with van der Waals surface area (Å²) in [5.41, 5.74) is 2.70. The quantitative estimate of drug-likeness (QED) is 0.835. The molecule has 0 fully saturated rings. The average molecular weight is 272 g/mol. The van der Waals surface area contributed by atoms with Gasteiger partial charge < -0.3 is 4.90 Å². The van der Waals surface area contributed by atoms with Gasteiger partial charge in [0.2, 0.25) is 0 Å². The van der Waals surface area contributed by atoms with Crippen molar-refractivity contribution in [2.24, 2.45) is 0 Å². The van der Waals surface area contributed by atoms with Crippen LogP contribution in [0.5, 0.6) is 0 Å². The van der Waals surface area contributed by atoms with Crippen molar-refractivity contribution in [1.29, 1.82) is 0 Å². The molecule has 0 aliphatic heterocycles. The van der Waals surface area contributed by atoms with Crippen LogP contribution in [-0.2, 0) is 13.0 Å². The number of likely N-dealkylation sites (N-methyl/N-ethyl adjacent to an activating group) is 1. The van der Waals surface area contributed by atoms with Crippen molar-refractivity contribution < 1.29 is 4.79 Å². The Hall–Kier alpha value is -2.17. The van der Waals surface area contributed by atoms with Gasteiger partial charge in [-0.15, -0.1) is 0 Å². The lowest BCUT2D eigenvalue weighted by Crippen LogP contribution is -2.29. The minimum atomic E-state index is -0.0330. The van der Waals surface area contributed by atoms with Gasteiger partial charge in [-0.1, -0.05) is 0 Å². The summed E-state index contributed by atoms with van der Waals surface area (Å²) in [5, 5.41) is 4.32. The Morgan fingerprint density at radius 2 is 2.05 bits per heavy atom. The summed E-state index contributed by atoms with van der Waals surface area (Å²) in [6.45, 7) is 5.42. The molecular formula is C15H20N4O. The minimum Gasteiger partial charge on any atom is -0.340 e. The second kappa shape index (κ2) is 6.32. The minimum absolute atomic E-state index is 0.0330. The van der Waals surface area contributed by atoms with Crippen LogP contribution in [0.1, 0.15) is 28.7 Å². The number of pyridine rings is 1. The Morgan fingerprint density at radius 1 is 1.35 bits per heavy atom. The Balaban J connectivity index is 1.98. The second-order valence-corrected chi connectivity index (χ2v) is 4.82. The first kappa shape index (κ1) is 14.2. The molecule has 0 aromatic carbocycles. The Kier molecular flexibility index (Phi) is 4.50. The zero-order valence-electron chi connectivity index (χ0n) is 12.2. The van der Waals surface area contributed by atoms with Crippen LogP contribution in [0.15, 0.2) is 30.6 Å². The summed E-state index contributed by atoms with van der Waals surface area (Å²) in [5.74, 6) is -0.0330. The van der Waals surface area contributed by atoms with Crippen molar-refractivity contribution in [3.05, 3.63) is 47.5 Å². The third-order valence-corrected chi connectivity index (χ3v) is 3.33. The molecule has 2 aromatic heterocycles. The number of carbonyl (C=O) groups is 1. The molecule has 2 rings (SSSR count). The van der Waals surface area contributed by atoms with Gasteiger partial charge in [0.05, 0.1) is 0 Å². The lowest BCUT2D eigenvalue weighted by Gasteiger charge is -2.15. The molecule has 2 heterocycles. The molecule has 0 N–H and O–H groups in total. The third-order valence-electron chi connectivity index (χ3n) is 3.33. The molecule has 0 bridgehead atoms. The normalized spacial score (nSPS) is 10.6. The predicted octanol–water partition coefficient (Wildman–Crippen LogP) is 1.92. The first-order valence-corrected chi connectivity index (χ1v) is 6.80. The van der Waals surface area contributed by atoms with Gasteiger partial charge in [-0.2, -0.15) is 5.10 Å². The number of aryl methyl sites for hydroxylation is 2. The lowest BCUT2D eigenvalue weighted by molar-refractivity contribution is 0.0790. The van der Waals surface area contributed by atoms with E-state index in [9.17, 15) is 4.79 Å². The predicted molar refractivity (Wildman–Crippen MR) is 77.5 cm³/mol. The summed E-state index contributed by atoms with van der Waals surface area (Å²) < 4.78 is 1.84. The number of amides is 1. The molecule has 0 radical (unpaired) electrons. The monoisotopic (exact) mass is 272 g/mol. The highest BCUT2D eigenvalue weighted by molar-refractivity contribution is 5.92.